The van der Waals surface area contributed by atoms with Gasteiger partial charge < -0.3 is 14.6 Å². The molecule has 0 unspecified atom stereocenters. The number of hydrogen-bond acceptors (Lipinski definition) is 6. The number of amides is 3. The number of carbonyl (C=O) groups is 3. The highest BCUT2D eigenvalue weighted by molar-refractivity contribution is 6.72. The average molecular weight is 487 g/mol. The molecule has 0 radical (unpaired) electrons. The third-order valence-electron chi connectivity index (χ3n) is 6.87. The minimum absolute atomic E-state index is 0.146. The Morgan fingerprint density at radius 3 is 2.44 bits per heavy atom. The van der Waals surface area contributed by atoms with Gasteiger partial charge in [0.15, 0.2) is 19.8 Å². The van der Waals surface area contributed by atoms with E-state index in [0.717, 1.165) is 5.56 Å². The molecule has 0 saturated heterocycles. The van der Waals surface area contributed by atoms with Crippen molar-refractivity contribution >= 4 is 26.0 Å². The molecule has 3 rings (SSSR count). The van der Waals surface area contributed by atoms with Gasteiger partial charge in [-0.1, -0.05) is 56.3 Å². The van der Waals surface area contributed by atoms with Crippen LogP contribution in [-0.4, -0.2) is 42.0 Å². The highest BCUT2D eigenvalue weighted by Gasteiger charge is 2.40. The van der Waals surface area contributed by atoms with Gasteiger partial charge in [-0.2, -0.15) is 0 Å². The van der Waals surface area contributed by atoms with Gasteiger partial charge >= 0.3 is 0 Å². The van der Waals surface area contributed by atoms with Crippen molar-refractivity contribution in [1.82, 2.24) is 21.3 Å². The number of carbonyl (C=O) groups excluding carboxylic acids is 3. The summed E-state index contributed by atoms with van der Waals surface area (Å²) in [6.07, 6.45) is 1.48. The molecule has 1 fully saturated rings. The van der Waals surface area contributed by atoms with Gasteiger partial charge in [0.1, 0.15) is 0 Å². The molecule has 1 aliphatic rings. The fourth-order valence-corrected chi connectivity index (χ4v) is 4.59. The predicted octanol–water partition coefficient (Wildman–Crippen LogP) is 3.00. The SMILES string of the molecule is C[C@H](CC(C)(C)[Si](C)(C)O)C(=O)NNC(=O)C1CC(NC(=O)c2cc(-c3ccccc3)on2)C1. The van der Waals surface area contributed by atoms with Crippen LogP contribution in [0.25, 0.3) is 11.3 Å². The van der Waals surface area contributed by atoms with Crippen LogP contribution in [0.3, 0.4) is 0 Å². The lowest BCUT2D eigenvalue weighted by atomic mass is 9.79. The summed E-state index contributed by atoms with van der Waals surface area (Å²) in [4.78, 5) is 47.6. The topological polar surface area (TPSA) is 134 Å². The summed E-state index contributed by atoms with van der Waals surface area (Å²) >= 11 is 0. The van der Waals surface area contributed by atoms with Crippen molar-refractivity contribution in [3.05, 3.63) is 42.1 Å². The first-order chi connectivity index (χ1) is 15.9. The van der Waals surface area contributed by atoms with Crippen LogP contribution in [0.5, 0.6) is 0 Å². The molecule has 10 heteroatoms. The van der Waals surface area contributed by atoms with Crippen molar-refractivity contribution in [1.29, 1.82) is 0 Å². The van der Waals surface area contributed by atoms with E-state index in [1.807, 2.05) is 57.3 Å². The normalized spacial score (nSPS) is 19.0. The van der Waals surface area contributed by atoms with Crippen LogP contribution in [0.1, 0.15) is 50.5 Å². The Hall–Kier alpha value is -2.98. The van der Waals surface area contributed by atoms with Crippen molar-refractivity contribution < 1.29 is 23.7 Å². The molecule has 9 nitrogen and oxygen atoms in total. The molecule has 1 aliphatic carbocycles. The van der Waals surface area contributed by atoms with E-state index in [0.29, 0.717) is 25.0 Å². The third-order valence-corrected chi connectivity index (χ3v) is 10.4. The highest BCUT2D eigenvalue weighted by Crippen LogP contribution is 2.41. The molecule has 34 heavy (non-hydrogen) atoms. The van der Waals surface area contributed by atoms with Crippen molar-refractivity contribution in [2.75, 3.05) is 0 Å². The van der Waals surface area contributed by atoms with Crippen molar-refractivity contribution in [3.63, 3.8) is 0 Å². The van der Waals surface area contributed by atoms with Gasteiger partial charge in [-0.05, 0) is 37.4 Å². The summed E-state index contributed by atoms with van der Waals surface area (Å²) in [5.41, 5.74) is 5.99. The fraction of sp³-hybridized carbons (Fsp3) is 0.500. The van der Waals surface area contributed by atoms with E-state index < -0.39 is 8.32 Å². The van der Waals surface area contributed by atoms with Crippen LogP contribution >= 0.6 is 0 Å². The van der Waals surface area contributed by atoms with Crippen LogP contribution in [0.15, 0.2) is 40.9 Å². The molecule has 4 N–H and O–H groups in total. The second kappa shape index (κ2) is 10.1. The molecule has 3 amide bonds. The summed E-state index contributed by atoms with van der Waals surface area (Å²) < 4.78 is 5.26. The number of hydrazine groups is 1. The molecular weight excluding hydrogens is 452 g/mol. The summed E-state index contributed by atoms with van der Waals surface area (Å²) in [6, 6.07) is 10.8. The summed E-state index contributed by atoms with van der Waals surface area (Å²) in [5, 5.41) is 6.36. The van der Waals surface area contributed by atoms with E-state index in [2.05, 4.69) is 21.3 Å². The zero-order chi connectivity index (χ0) is 25.1. The van der Waals surface area contributed by atoms with E-state index in [1.165, 1.54) is 0 Å². The van der Waals surface area contributed by atoms with Crippen molar-refractivity contribution in [3.8, 4) is 11.3 Å². The lowest BCUT2D eigenvalue weighted by molar-refractivity contribution is -0.134. The molecule has 1 atom stereocenters. The van der Waals surface area contributed by atoms with Gasteiger partial charge in [0.2, 0.25) is 11.8 Å². The van der Waals surface area contributed by atoms with Crippen LogP contribution in [0, 0.1) is 11.8 Å². The quantitative estimate of drug-likeness (QED) is 0.335. The number of hydrogen-bond donors (Lipinski definition) is 4. The Morgan fingerprint density at radius 1 is 1.18 bits per heavy atom. The zero-order valence-corrected chi connectivity index (χ0v) is 21.3. The molecule has 0 spiro atoms. The Labute approximate surface area is 200 Å². The van der Waals surface area contributed by atoms with Crippen LogP contribution < -0.4 is 16.2 Å². The molecule has 0 aliphatic heterocycles. The van der Waals surface area contributed by atoms with E-state index >= 15 is 0 Å². The van der Waals surface area contributed by atoms with Gasteiger partial charge in [-0.15, -0.1) is 0 Å². The Morgan fingerprint density at radius 2 is 1.82 bits per heavy atom. The van der Waals surface area contributed by atoms with E-state index in [4.69, 9.17) is 4.52 Å². The number of benzene rings is 1. The molecule has 2 aromatic rings. The first-order valence-electron chi connectivity index (χ1n) is 11.5. The zero-order valence-electron chi connectivity index (χ0n) is 20.3. The molecule has 1 aromatic heterocycles. The monoisotopic (exact) mass is 486 g/mol. The number of nitrogens with zero attached hydrogens (tertiary/aromatic N) is 1. The summed E-state index contributed by atoms with van der Waals surface area (Å²) in [7, 11) is -2.43. The summed E-state index contributed by atoms with van der Waals surface area (Å²) in [5.74, 6) is -1.06. The Kier molecular flexibility index (Phi) is 7.62. The van der Waals surface area contributed by atoms with Crippen LogP contribution in [-0.2, 0) is 9.59 Å². The molecule has 0 bridgehead atoms. The molecule has 1 saturated carbocycles. The Bertz CT molecular complexity index is 1030. The maximum atomic E-state index is 12.4. The molecular formula is C24H34N4O5Si. The van der Waals surface area contributed by atoms with Gasteiger partial charge in [0, 0.05) is 29.5 Å². The lowest BCUT2D eigenvalue weighted by Crippen LogP contribution is -2.53. The summed E-state index contributed by atoms with van der Waals surface area (Å²) in [6.45, 7) is 9.43. The van der Waals surface area contributed by atoms with E-state index in [-0.39, 0.29) is 46.3 Å². The average Bonchev–Trinajstić information content (AvgIpc) is 3.24. The lowest BCUT2D eigenvalue weighted by Gasteiger charge is -2.37. The number of rotatable bonds is 8. The van der Waals surface area contributed by atoms with Crippen LogP contribution in [0.4, 0.5) is 0 Å². The second-order valence-electron chi connectivity index (χ2n) is 10.3. The molecule has 184 valence electrons. The van der Waals surface area contributed by atoms with E-state index in [1.54, 1.807) is 13.0 Å². The number of aromatic nitrogens is 1. The maximum absolute atomic E-state index is 12.4. The smallest absolute Gasteiger partial charge is 0.273 e. The van der Waals surface area contributed by atoms with Crippen LogP contribution in [0.2, 0.25) is 18.1 Å². The highest BCUT2D eigenvalue weighted by atomic mass is 28.4. The maximum Gasteiger partial charge on any atom is 0.273 e. The molecule has 1 aromatic carbocycles. The predicted molar refractivity (Wildman–Crippen MR) is 130 cm³/mol. The fourth-order valence-electron chi connectivity index (χ4n) is 3.79. The standard InChI is InChI=1S/C24H34N4O5Si/c1-15(14-24(2,3)34(4,5)32)21(29)26-27-22(30)17-11-18(12-17)25-23(31)19-13-20(33-28-19)16-9-7-6-8-10-16/h6-10,13,15,17-18,32H,11-12,14H2,1-5H3,(H,25,31)(H,26,29)(H,27,30)/t15-,17?,18?/m1/s1. The van der Waals surface area contributed by atoms with E-state index in [9.17, 15) is 19.2 Å². The van der Waals surface area contributed by atoms with Gasteiger partial charge in [-0.3, -0.25) is 25.2 Å². The second-order valence-corrected chi connectivity index (χ2v) is 14.8. The molecule has 1 heterocycles. The first kappa shape index (κ1) is 25.6. The van der Waals surface area contributed by atoms with Gasteiger partial charge in [0.05, 0.1) is 0 Å². The van der Waals surface area contributed by atoms with Crippen molar-refractivity contribution in [2.24, 2.45) is 11.8 Å². The van der Waals surface area contributed by atoms with Gasteiger partial charge in [0.25, 0.3) is 5.91 Å². The largest absolute Gasteiger partial charge is 0.432 e. The minimum Gasteiger partial charge on any atom is -0.432 e. The third kappa shape index (κ3) is 6.12. The van der Waals surface area contributed by atoms with Crippen molar-refractivity contribution in [2.45, 2.75) is 64.2 Å². The van der Waals surface area contributed by atoms with Gasteiger partial charge in [-0.25, -0.2) is 0 Å². The minimum atomic E-state index is -2.43. The number of nitrogens with one attached hydrogen (secondary N) is 3. The Balaban J connectivity index is 1.40. The first-order valence-corrected chi connectivity index (χ1v) is 14.5.